The number of carbonyl (C=O) groups is 2. The molecule has 0 radical (unpaired) electrons. The Morgan fingerprint density at radius 1 is 1.23 bits per heavy atom. The van der Waals surface area contributed by atoms with Gasteiger partial charge >= 0.3 is 6.08 Å². The van der Waals surface area contributed by atoms with Crippen LogP contribution in [0, 0.1) is 6.08 Å². The molecule has 2 heterocycles. The quantitative estimate of drug-likeness (QED) is 0.600. The van der Waals surface area contributed by atoms with E-state index < -0.39 is 6.08 Å². The van der Waals surface area contributed by atoms with Crippen LogP contribution in [0.4, 0.5) is 10.2 Å². The van der Waals surface area contributed by atoms with Crippen LogP contribution in [0.25, 0.3) is 11.2 Å². The molecule has 0 saturated carbocycles. The summed E-state index contributed by atoms with van der Waals surface area (Å²) in [5.74, 6) is 0.555. The van der Waals surface area contributed by atoms with Crippen molar-refractivity contribution >= 4 is 28.7 Å². The van der Waals surface area contributed by atoms with Crippen molar-refractivity contribution in [3.05, 3.63) is 46.3 Å². The van der Waals surface area contributed by atoms with E-state index >= 15 is 0 Å². The molecule has 0 bridgehead atoms. The lowest BCUT2D eigenvalue weighted by atomic mass is 9.96. The number of aryl methyl sites for hydroxylation is 3. The van der Waals surface area contributed by atoms with Crippen LogP contribution >= 0.6 is 0 Å². The molecular weight excluding hydrogens is 387 g/mol. The average molecular weight is 410 g/mol. The van der Waals surface area contributed by atoms with Gasteiger partial charge in [-0.1, -0.05) is 13.0 Å². The Labute approximate surface area is 172 Å². The predicted octanol–water partition coefficient (Wildman–Crippen LogP) is 1.97. The van der Waals surface area contributed by atoms with Crippen LogP contribution in [-0.4, -0.2) is 38.3 Å². The molecule has 0 aliphatic heterocycles. The maximum absolute atomic E-state index is 13.8. The summed E-state index contributed by atoms with van der Waals surface area (Å²) in [6.07, 6.45) is 1.78. The molecule has 30 heavy (non-hydrogen) atoms. The molecule has 1 aliphatic rings. The van der Waals surface area contributed by atoms with Crippen molar-refractivity contribution in [2.45, 2.75) is 45.6 Å². The van der Waals surface area contributed by atoms with Crippen LogP contribution in [0.5, 0.6) is 0 Å². The fourth-order valence-electron chi connectivity index (χ4n) is 4.00. The SMILES string of the molecule is CCc1cc2c(cc1Cc1nc3c(N)nc(F)nc3n1CCC(=O)NC)C(=O)CC2. The summed E-state index contributed by atoms with van der Waals surface area (Å²) in [4.78, 5) is 36.0. The zero-order valence-electron chi connectivity index (χ0n) is 17.0. The average Bonchev–Trinajstić information content (AvgIpc) is 3.26. The smallest absolute Gasteiger partial charge is 0.312 e. The number of nitrogens with zero attached hydrogens (tertiary/aromatic N) is 4. The van der Waals surface area contributed by atoms with Gasteiger partial charge < -0.3 is 15.6 Å². The van der Waals surface area contributed by atoms with Gasteiger partial charge in [0.1, 0.15) is 5.82 Å². The molecule has 3 aromatic rings. The van der Waals surface area contributed by atoms with Gasteiger partial charge in [-0.15, -0.1) is 0 Å². The first kappa shape index (κ1) is 19.9. The minimum absolute atomic E-state index is 0.0442. The van der Waals surface area contributed by atoms with Crippen molar-refractivity contribution in [1.82, 2.24) is 24.8 Å². The van der Waals surface area contributed by atoms with Crippen LogP contribution in [-0.2, 0) is 30.6 Å². The number of carbonyl (C=O) groups excluding carboxylic acids is 2. The van der Waals surface area contributed by atoms with E-state index in [1.165, 1.54) is 0 Å². The minimum atomic E-state index is -0.940. The number of aromatic nitrogens is 4. The van der Waals surface area contributed by atoms with Crippen molar-refractivity contribution in [3.63, 3.8) is 0 Å². The molecule has 1 aromatic carbocycles. The fraction of sp³-hybridized carbons (Fsp3) is 0.381. The van der Waals surface area contributed by atoms with Gasteiger partial charge in [-0.2, -0.15) is 14.4 Å². The maximum atomic E-state index is 13.8. The number of nitrogen functional groups attached to an aromatic ring is 1. The Kier molecular flexibility index (Phi) is 5.19. The fourth-order valence-corrected chi connectivity index (χ4v) is 4.00. The second kappa shape index (κ2) is 7.81. The third-order valence-electron chi connectivity index (χ3n) is 5.59. The first-order valence-electron chi connectivity index (χ1n) is 9.97. The number of anilines is 1. The molecule has 4 rings (SSSR count). The highest BCUT2D eigenvalue weighted by Crippen LogP contribution is 2.28. The number of hydrogen-bond acceptors (Lipinski definition) is 6. The van der Waals surface area contributed by atoms with Crippen LogP contribution in [0.15, 0.2) is 12.1 Å². The molecule has 156 valence electrons. The number of benzene rings is 1. The third-order valence-corrected chi connectivity index (χ3v) is 5.59. The number of hydrogen-bond donors (Lipinski definition) is 2. The lowest BCUT2D eigenvalue weighted by molar-refractivity contribution is -0.120. The summed E-state index contributed by atoms with van der Waals surface area (Å²) in [6, 6.07) is 4.04. The molecule has 0 atom stereocenters. The second-order valence-corrected chi connectivity index (χ2v) is 7.38. The van der Waals surface area contributed by atoms with Crippen LogP contribution in [0.3, 0.4) is 0 Å². The number of nitrogens with two attached hydrogens (primary N) is 1. The number of Topliss-reactive ketones (excluding diaryl/α,β-unsaturated/α-hetero) is 1. The highest BCUT2D eigenvalue weighted by molar-refractivity contribution is 6.00. The number of halogens is 1. The van der Waals surface area contributed by atoms with E-state index in [0.29, 0.717) is 24.2 Å². The second-order valence-electron chi connectivity index (χ2n) is 7.38. The normalized spacial score (nSPS) is 13.1. The molecule has 0 spiro atoms. The topological polar surface area (TPSA) is 116 Å². The van der Waals surface area contributed by atoms with E-state index in [2.05, 4.69) is 33.3 Å². The standard InChI is InChI=1S/C21H23FN6O2/c1-3-11-8-12-4-5-15(29)14(12)9-13(11)10-16-25-18-19(23)26-21(22)27-20(18)28(16)7-6-17(30)24-2/h8-9H,3-7,10H2,1-2H3,(H,24,30)(H2,23,26,27). The Morgan fingerprint density at radius 3 is 2.77 bits per heavy atom. The monoisotopic (exact) mass is 410 g/mol. The first-order valence-corrected chi connectivity index (χ1v) is 9.97. The van der Waals surface area contributed by atoms with Crippen molar-refractivity contribution < 1.29 is 14.0 Å². The Morgan fingerprint density at radius 2 is 2.03 bits per heavy atom. The van der Waals surface area contributed by atoms with Crippen LogP contribution < -0.4 is 11.1 Å². The predicted molar refractivity (Wildman–Crippen MR) is 110 cm³/mol. The van der Waals surface area contributed by atoms with E-state index in [0.717, 1.165) is 35.1 Å². The molecule has 0 saturated heterocycles. The number of imidazole rings is 1. The lowest BCUT2D eigenvalue weighted by Gasteiger charge is -2.13. The van der Waals surface area contributed by atoms with Gasteiger partial charge in [-0.3, -0.25) is 9.59 Å². The van der Waals surface area contributed by atoms with Gasteiger partial charge in [0.15, 0.2) is 22.8 Å². The molecule has 1 aliphatic carbocycles. The zero-order chi connectivity index (χ0) is 21.4. The first-order chi connectivity index (χ1) is 14.4. The van der Waals surface area contributed by atoms with Crippen molar-refractivity contribution in [2.75, 3.05) is 12.8 Å². The molecule has 0 unspecified atom stereocenters. The van der Waals surface area contributed by atoms with Crippen LogP contribution in [0.1, 0.15) is 52.6 Å². The van der Waals surface area contributed by atoms with E-state index in [1.54, 1.807) is 11.6 Å². The largest absolute Gasteiger partial charge is 0.382 e. The van der Waals surface area contributed by atoms with Gasteiger partial charge in [0, 0.05) is 38.4 Å². The molecule has 9 heteroatoms. The van der Waals surface area contributed by atoms with Gasteiger partial charge in [0.05, 0.1) is 0 Å². The van der Waals surface area contributed by atoms with Crippen molar-refractivity contribution in [3.8, 4) is 0 Å². The van der Waals surface area contributed by atoms with Gasteiger partial charge in [-0.05, 0) is 35.6 Å². The summed E-state index contributed by atoms with van der Waals surface area (Å²) in [5, 5.41) is 2.58. The Bertz CT molecular complexity index is 1170. The number of amides is 1. The molecule has 3 N–H and O–H groups in total. The lowest BCUT2D eigenvalue weighted by Crippen LogP contribution is -2.20. The minimum Gasteiger partial charge on any atom is -0.382 e. The summed E-state index contributed by atoms with van der Waals surface area (Å²) in [5.41, 5.74) is 10.4. The highest BCUT2D eigenvalue weighted by atomic mass is 19.1. The summed E-state index contributed by atoms with van der Waals surface area (Å²) < 4.78 is 15.5. The molecule has 1 amide bonds. The van der Waals surface area contributed by atoms with Gasteiger partial charge in [0.25, 0.3) is 0 Å². The Hall–Kier alpha value is -3.36. The van der Waals surface area contributed by atoms with E-state index in [-0.39, 0.29) is 36.1 Å². The van der Waals surface area contributed by atoms with Crippen LogP contribution in [0.2, 0.25) is 0 Å². The van der Waals surface area contributed by atoms with Crippen molar-refractivity contribution in [1.29, 1.82) is 0 Å². The Balaban J connectivity index is 1.81. The van der Waals surface area contributed by atoms with E-state index in [4.69, 9.17) is 5.73 Å². The summed E-state index contributed by atoms with van der Waals surface area (Å²) in [7, 11) is 1.56. The van der Waals surface area contributed by atoms with Gasteiger partial charge in [0.2, 0.25) is 5.91 Å². The molecular formula is C21H23FN6O2. The number of nitrogens with one attached hydrogen (secondary N) is 1. The number of fused-ring (bicyclic) bond motifs is 2. The van der Waals surface area contributed by atoms with E-state index in [9.17, 15) is 14.0 Å². The maximum Gasteiger partial charge on any atom is 0.312 e. The number of rotatable bonds is 6. The van der Waals surface area contributed by atoms with Gasteiger partial charge in [-0.25, -0.2) is 4.98 Å². The summed E-state index contributed by atoms with van der Waals surface area (Å²) >= 11 is 0. The molecule has 8 nitrogen and oxygen atoms in total. The highest BCUT2D eigenvalue weighted by Gasteiger charge is 2.23. The third kappa shape index (κ3) is 3.51. The van der Waals surface area contributed by atoms with E-state index in [1.807, 2.05) is 6.07 Å². The zero-order valence-corrected chi connectivity index (χ0v) is 17.0. The number of ketones is 1. The molecule has 0 fully saturated rings. The summed E-state index contributed by atoms with van der Waals surface area (Å²) in [6.45, 7) is 2.34. The molecule has 2 aromatic heterocycles. The van der Waals surface area contributed by atoms with Crippen molar-refractivity contribution in [2.24, 2.45) is 0 Å².